The number of carboxylic acids is 1. The first-order valence-electron chi connectivity index (χ1n) is 4.95. The van der Waals surface area contributed by atoms with Crippen LogP contribution in [0.1, 0.15) is 10.4 Å². The van der Waals surface area contributed by atoms with Crippen LogP contribution in [-0.4, -0.2) is 22.8 Å². The molecule has 17 heavy (non-hydrogen) atoms. The van der Waals surface area contributed by atoms with Crippen LogP contribution in [0, 0.1) is 0 Å². The second-order valence-corrected chi connectivity index (χ2v) is 3.67. The van der Waals surface area contributed by atoms with Crippen molar-refractivity contribution in [3.8, 4) is 5.75 Å². The molecule has 0 unspecified atom stereocenters. The Labute approximate surface area is 96.9 Å². The lowest BCUT2D eigenvalue weighted by atomic mass is 10.1. The standard InChI is InChI=1S/C12H11NO4/c1-13-6-9(12(15)16)11(14)8-4-3-7(17-2)5-10(8)13/h3-6H,1-2H3,(H,15,16). The number of carbonyl (C=O) groups is 1. The molecule has 1 aromatic heterocycles. The minimum absolute atomic E-state index is 0.231. The molecular formula is C12H11NO4. The SMILES string of the molecule is COc1ccc2c(=O)c(C(=O)O)cn(C)c2c1. The minimum atomic E-state index is -1.22. The van der Waals surface area contributed by atoms with Crippen molar-refractivity contribution in [3.63, 3.8) is 0 Å². The van der Waals surface area contributed by atoms with E-state index in [-0.39, 0.29) is 5.56 Å². The monoisotopic (exact) mass is 233 g/mol. The van der Waals surface area contributed by atoms with E-state index in [1.54, 1.807) is 29.8 Å². The molecule has 2 rings (SSSR count). The molecule has 0 bridgehead atoms. The van der Waals surface area contributed by atoms with Gasteiger partial charge in [0.15, 0.2) is 0 Å². The van der Waals surface area contributed by atoms with Gasteiger partial charge >= 0.3 is 5.97 Å². The van der Waals surface area contributed by atoms with Crippen molar-refractivity contribution in [1.29, 1.82) is 0 Å². The third-order valence-corrected chi connectivity index (χ3v) is 2.63. The Hall–Kier alpha value is -2.30. The molecule has 5 heteroatoms. The number of ether oxygens (including phenoxy) is 1. The first-order valence-corrected chi connectivity index (χ1v) is 4.95. The maximum Gasteiger partial charge on any atom is 0.341 e. The molecular weight excluding hydrogens is 222 g/mol. The van der Waals surface area contributed by atoms with E-state index in [9.17, 15) is 9.59 Å². The molecule has 2 aromatic rings. The molecule has 1 aromatic carbocycles. The van der Waals surface area contributed by atoms with E-state index in [1.165, 1.54) is 13.3 Å². The average molecular weight is 233 g/mol. The summed E-state index contributed by atoms with van der Waals surface area (Å²) in [4.78, 5) is 22.8. The summed E-state index contributed by atoms with van der Waals surface area (Å²) in [6.45, 7) is 0. The fraction of sp³-hybridized carbons (Fsp3) is 0.167. The summed E-state index contributed by atoms with van der Waals surface area (Å²) in [5.41, 5.74) is -0.0715. The smallest absolute Gasteiger partial charge is 0.341 e. The topological polar surface area (TPSA) is 68.5 Å². The average Bonchev–Trinajstić information content (AvgIpc) is 2.32. The molecule has 0 saturated heterocycles. The van der Waals surface area contributed by atoms with Crippen molar-refractivity contribution in [2.24, 2.45) is 7.05 Å². The van der Waals surface area contributed by atoms with E-state index in [2.05, 4.69) is 0 Å². The van der Waals surface area contributed by atoms with Crippen molar-refractivity contribution in [3.05, 3.63) is 40.2 Å². The van der Waals surface area contributed by atoms with E-state index >= 15 is 0 Å². The van der Waals surface area contributed by atoms with E-state index in [0.717, 1.165) is 0 Å². The van der Waals surface area contributed by atoms with E-state index in [4.69, 9.17) is 9.84 Å². The third-order valence-electron chi connectivity index (χ3n) is 2.63. The van der Waals surface area contributed by atoms with Crippen LogP contribution in [0.5, 0.6) is 5.75 Å². The van der Waals surface area contributed by atoms with Crippen molar-refractivity contribution in [2.45, 2.75) is 0 Å². The minimum Gasteiger partial charge on any atom is -0.497 e. The highest BCUT2D eigenvalue weighted by molar-refractivity contribution is 5.92. The molecule has 0 aliphatic heterocycles. The zero-order valence-corrected chi connectivity index (χ0v) is 9.43. The van der Waals surface area contributed by atoms with E-state index in [0.29, 0.717) is 16.7 Å². The Balaban J connectivity index is 2.87. The van der Waals surface area contributed by atoms with Gasteiger partial charge in [0.1, 0.15) is 11.3 Å². The second-order valence-electron chi connectivity index (χ2n) is 3.67. The van der Waals surface area contributed by atoms with Crippen molar-refractivity contribution < 1.29 is 14.6 Å². The summed E-state index contributed by atoms with van der Waals surface area (Å²) in [5.74, 6) is -0.598. The van der Waals surface area contributed by atoms with Gasteiger partial charge in [-0.3, -0.25) is 4.79 Å². The maximum atomic E-state index is 11.9. The highest BCUT2D eigenvalue weighted by Crippen LogP contribution is 2.18. The van der Waals surface area contributed by atoms with Crippen LogP contribution < -0.4 is 10.2 Å². The Morgan fingerprint density at radius 3 is 2.71 bits per heavy atom. The summed E-state index contributed by atoms with van der Waals surface area (Å²) in [5, 5.41) is 9.28. The number of pyridine rings is 1. The van der Waals surface area contributed by atoms with E-state index < -0.39 is 11.4 Å². The number of hydrogen-bond donors (Lipinski definition) is 1. The summed E-state index contributed by atoms with van der Waals surface area (Å²) in [6, 6.07) is 4.90. The number of nitrogens with zero attached hydrogens (tertiary/aromatic N) is 1. The van der Waals surface area contributed by atoms with Gasteiger partial charge in [-0.25, -0.2) is 4.79 Å². The highest BCUT2D eigenvalue weighted by atomic mass is 16.5. The van der Waals surface area contributed by atoms with Crippen molar-refractivity contribution in [1.82, 2.24) is 4.57 Å². The first kappa shape index (κ1) is 11.2. The molecule has 0 fully saturated rings. The molecule has 88 valence electrons. The number of aromatic nitrogens is 1. The number of rotatable bonds is 2. The normalized spacial score (nSPS) is 10.5. The fourth-order valence-corrected chi connectivity index (χ4v) is 1.74. The van der Waals surface area contributed by atoms with Crippen molar-refractivity contribution in [2.75, 3.05) is 7.11 Å². The Bertz CT molecular complexity index is 657. The molecule has 1 N–H and O–H groups in total. The number of fused-ring (bicyclic) bond motifs is 1. The molecule has 5 nitrogen and oxygen atoms in total. The Morgan fingerprint density at radius 1 is 1.41 bits per heavy atom. The molecule has 0 saturated carbocycles. The molecule has 0 atom stereocenters. The van der Waals surface area contributed by atoms with Crippen LogP contribution in [0.4, 0.5) is 0 Å². The van der Waals surface area contributed by atoms with Crippen molar-refractivity contribution >= 4 is 16.9 Å². The van der Waals surface area contributed by atoms with E-state index in [1.807, 2.05) is 0 Å². The predicted molar refractivity (Wildman–Crippen MR) is 62.7 cm³/mol. The number of benzene rings is 1. The number of methoxy groups -OCH3 is 1. The van der Waals surface area contributed by atoms with Crippen LogP contribution in [0.2, 0.25) is 0 Å². The zero-order chi connectivity index (χ0) is 12.6. The van der Waals surface area contributed by atoms with Crippen LogP contribution in [0.3, 0.4) is 0 Å². The largest absolute Gasteiger partial charge is 0.497 e. The van der Waals surface area contributed by atoms with Gasteiger partial charge in [-0.15, -0.1) is 0 Å². The van der Waals surface area contributed by atoms with Crippen LogP contribution in [0.25, 0.3) is 10.9 Å². The van der Waals surface area contributed by atoms with Gasteiger partial charge in [0.05, 0.1) is 12.6 Å². The summed E-state index contributed by atoms with van der Waals surface area (Å²) in [6.07, 6.45) is 1.31. The molecule has 1 heterocycles. The zero-order valence-electron chi connectivity index (χ0n) is 9.43. The lowest BCUT2D eigenvalue weighted by molar-refractivity contribution is 0.0695. The van der Waals surface area contributed by atoms with Crippen LogP contribution in [0.15, 0.2) is 29.2 Å². The number of aryl methyl sites for hydroxylation is 1. The summed E-state index contributed by atoms with van der Waals surface area (Å²) < 4.78 is 6.66. The van der Waals surface area contributed by atoms with Gasteiger partial charge in [0.25, 0.3) is 0 Å². The summed E-state index contributed by atoms with van der Waals surface area (Å²) >= 11 is 0. The molecule has 0 aliphatic rings. The quantitative estimate of drug-likeness (QED) is 0.847. The Morgan fingerprint density at radius 2 is 2.12 bits per heavy atom. The lowest BCUT2D eigenvalue weighted by Crippen LogP contribution is -2.17. The second kappa shape index (κ2) is 3.93. The molecule has 0 amide bonds. The molecule has 0 spiro atoms. The number of hydrogen-bond acceptors (Lipinski definition) is 3. The number of carboxylic acid groups (broad SMARTS) is 1. The first-order chi connectivity index (χ1) is 8.04. The van der Waals surface area contributed by atoms with Gasteiger partial charge in [-0.1, -0.05) is 0 Å². The van der Waals surface area contributed by atoms with Gasteiger partial charge in [0.2, 0.25) is 5.43 Å². The van der Waals surface area contributed by atoms with Gasteiger partial charge in [-0.2, -0.15) is 0 Å². The van der Waals surface area contributed by atoms with Gasteiger partial charge < -0.3 is 14.4 Å². The van der Waals surface area contributed by atoms with Gasteiger partial charge in [-0.05, 0) is 12.1 Å². The predicted octanol–water partition coefficient (Wildman–Crippen LogP) is 1.25. The highest BCUT2D eigenvalue weighted by Gasteiger charge is 2.13. The van der Waals surface area contributed by atoms with Crippen LogP contribution in [-0.2, 0) is 7.05 Å². The third kappa shape index (κ3) is 1.75. The number of aromatic carboxylic acids is 1. The molecule has 0 aliphatic carbocycles. The summed E-state index contributed by atoms with van der Waals surface area (Å²) in [7, 11) is 3.22. The van der Waals surface area contributed by atoms with Gasteiger partial charge in [0, 0.05) is 24.7 Å². The van der Waals surface area contributed by atoms with Crippen LogP contribution >= 0.6 is 0 Å². The Kier molecular flexibility index (Phi) is 2.59. The maximum absolute atomic E-state index is 11.9. The fourth-order valence-electron chi connectivity index (χ4n) is 1.74. The lowest BCUT2D eigenvalue weighted by Gasteiger charge is -2.08. The molecule has 0 radical (unpaired) electrons.